The summed E-state index contributed by atoms with van der Waals surface area (Å²) in [6.45, 7) is 0. The molecule has 2 heterocycles. The third kappa shape index (κ3) is 2.28. The topological polar surface area (TPSA) is 37.5 Å². The summed E-state index contributed by atoms with van der Waals surface area (Å²) in [6, 6.07) is 9.42. The fraction of sp³-hybridized carbons (Fsp3) is 0.133. The molecular formula is C15H12F2N2O. The average molecular weight is 274 g/mol. The van der Waals surface area contributed by atoms with Crippen molar-refractivity contribution in [2.45, 2.75) is 12.5 Å². The van der Waals surface area contributed by atoms with Crippen LogP contribution in [0.15, 0.2) is 48.8 Å². The van der Waals surface area contributed by atoms with Crippen LogP contribution >= 0.6 is 0 Å². The Balaban J connectivity index is 1.89. The van der Waals surface area contributed by atoms with Gasteiger partial charge in [0.2, 0.25) is 0 Å². The molecule has 0 aliphatic heterocycles. The van der Waals surface area contributed by atoms with Crippen molar-refractivity contribution in [1.29, 1.82) is 0 Å². The van der Waals surface area contributed by atoms with E-state index in [-0.39, 0.29) is 12.0 Å². The summed E-state index contributed by atoms with van der Waals surface area (Å²) in [7, 11) is 0. The zero-order valence-corrected chi connectivity index (χ0v) is 10.5. The van der Waals surface area contributed by atoms with E-state index in [0.29, 0.717) is 11.3 Å². The average Bonchev–Trinajstić information content (AvgIpc) is 2.88. The van der Waals surface area contributed by atoms with Crippen LogP contribution in [0.5, 0.6) is 0 Å². The minimum Gasteiger partial charge on any atom is -0.386 e. The number of aliphatic hydroxyl groups is 1. The molecule has 3 nitrogen and oxygen atoms in total. The van der Waals surface area contributed by atoms with E-state index in [9.17, 15) is 13.9 Å². The van der Waals surface area contributed by atoms with Crippen LogP contribution in [-0.4, -0.2) is 14.5 Å². The monoisotopic (exact) mass is 274 g/mol. The first-order valence-corrected chi connectivity index (χ1v) is 6.20. The Morgan fingerprint density at radius 2 is 2.00 bits per heavy atom. The molecule has 5 heteroatoms. The van der Waals surface area contributed by atoms with E-state index >= 15 is 0 Å². The summed E-state index contributed by atoms with van der Waals surface area (Å²) >= 11 is 0. The number of hydrogen-bond donors (Lipinski definition) is 1. The number of benzene rings is 1. The largest absolute Gasteiger partial charge is 0.386 e. The van der Waals surface area contributed by atoms with E-state index in [4.69, 9.17) is 0 Å². The van der Waals surface area contributed by atoms with Gasteiger partial charge in [0.1, 0.15) is 11.8 Å². The molecule has 0 fully saturated rings. The Morgan fingerprint density at radius 1 is 1.15 bits per heavy atom. The molecule has 0 saturated carbocycles. The highest BCUT2D eigenvalue weighted by Crippen LogP contribution is 2.21. The molecule has 0 bridgehead atoms. The van der Waals surface area contributed by atoms with Gasteiger partial charge >= 0.3 is 0 Å². The van der Waals surface area contributed by atoms with Crippen LogP contribution in [0.1, 0.15) is 17.4 Å². The van der Waals surface area contributed by atoms with Crippen molar-refractivity contribution in [2.75, 3.05) is 0 Å². The molecule has 0 saturated heterocycles. The highest BCUT2D eigenvalue weighted by molar-refractivity contribution is 5.40. The second-order valence-corrected chi connectivity index (χ2v) is 4.56. The molecule has 0 aliphatic carbocycles. The number of fused-ring (bicyclic) bond motifs is 1. The Kier molecular flexibility index (Phi) is 3.20. The number of rotatable bonds is 3. The minimum atomic E-state index is -0.980. The molecule has 20 heavy (non-hydrogen) atoms. The molecule has 0 aliphatic rings. The maximum Gasteiger partial charge on any atom is 0.162 e. The maximum absolute atomic E-state index is 13.6. The van der Waals surface area contributed by atoms with Crippen molar-refractivity contribution < 1.29 is 13.9 Å². The lowest BCUT2D eigenvalue weighted by Crippen LogP contribution is -2.05. The number of imidazole rings is 1. The Labute approximate surface area is 114 Å². The van der Waals surface area contributed by atoms with Gasteiger partial charge in [-0.3, -0.25) is 0 Å². The van der Waals surface area contributed by atoms with Gasteiger partial charge in [-0.05, 0) is 23.8 Å². The smallest absolute Gasteiger partial charge is 0.162 e. The predicted octanol–water partition coefficient (Wildman–Crippen LogP) is 2.89. The molecule has 102 valence electrons. The Hall–Kier alpha value is -2.27. The van der Waals surface area contributed by atoms with Gasteiger partial charge in [-0.15, -0.1) is 0 Å². The van der Waals surface area contributed by atoms with Gasteiger partial charge in [0.05, 0.1) is 5.69 Å². The summed E-state index contributed by atoms with van der Waals surface area (Å²) in [5.41, 5.74) is 1.26. The van der Waals surface area contributed by atoms with Gasteiger partial charge in [0.15, 0.2) is 11.6 Å². The van der Waals surface area contributed by atoms with Crippen LogP contribution in [0.4, 0.5) is 8.78 Å². The molecule has 1 N–H and O–H groups in total. The lowest BCUT2D eigenvalue weighted by atomic mass is 10.1. The van der Waals surface area contributed by atoms with Crippen molar-refractivity contribution in [3.05, 3.63) is 71.7 Å². The third-order valence-corrected chi connectivity index (χ3v) is 3.17. The molecule has 0 spiro atoms. The number of halogens is 2. The zero-order valence-electron chi connectivity index (χ0n) is 10.5. The third-order valence-electron chi connectivity index (χ3n) is 3.17. The van der Waals surface area contributed by atoms with Crippen LogP contribution in [-0.2, 0) is 6.42 Å². The highest BCUT2D eigenvalue weighted by Gasteiger charge is 2.16. The van der Waals surface area contributed by atoms with E-state index in [0.717, 1.165) is 6.07 Å². The summed E-state index contributed by atoms with van der Waals surface area (Å²) < 4.78 is 28.5. The van der Waals surface area contributed by atoms with Gasteiger partial charge in [-0.2, -0.15) is 0 Å². The number of hydrogen-bond acceptors (Lipinski definition) is 2. The summed E-state index contributed by atoms with van der Waals surface area (Å²) in [5, 5.41) is 10.1. The van der Waals surface area contributed by atoms with Gasteiger partial charge in [0, 0.05) is 18.8 Å². The van der Waals surface area contributed by atoms with Gasteiger partial charge in [-0.1, -0.05) is 18.2 Å². The number of pyridine rings is 1. The number of aliphatic hydroxyl groups excluding tert-OH is 1. The molecule has 1 unspecified atom stereocenters. The predicted molar refractivity (Wildman–Crippen MR) is 70.2 cm³/mol. The second kappa shape index (κ2) is 5.02. The Bertz CT molecular complexity index is 721. The van der Waals surface area contributed by atoms with Crippen molar-refractivity contribution in [2.24, 2.45) is 0 Å². The molecule has 1 atom stereocenters. The summed E-state index contributed by atoms with van der Waals surface area (Å²) in [4.78, 5) is 4.26. The molecular weight excluding hydrogens is 262 g/mol. The molecule has 3 aromatic rings. The van der Waals surface area contributed by atoms with E-state index in [1.54, 1.807) is 22.9 Å². The van der Waals surface area contributed by atoms with Crippen LogP contribution < -0.4 is 0 Å². The minimum absolute atomic E-state index is 0.0204. The van der Waals surface area contributed by atoms with Crippen LogP contribution in [0.2, 0.25) is 0 Å². The van der Waals surface area contributed by atoms with Gasteiger partial charge in [0.25, 0.3) is 0 Å². The molecule has 3 rings (SSSR count). The van der Waals surface area contributed by atoms with Crippen molar-refractivity contribution >= 4 is 5.65 Å². The van der Waals surface area contributed by atoms with Crippen LogP contribution in [0.3, 0.4) is 0 Å². The van der Waals surface area contributed by atoms with Gasteiger partial charge in [-0.25, -0.2) is 13.8 Å². The van der Waals surface area contributed by atoms with E-state index < -0.39 is 17.7 Å². The molecule has 2 aromatic heterocycles. The van der Waals surface area contributed by atoms with Crippen molar-refractivity contribution in [3.8, 4) is 0 Å². The molecule has 0 amide bonds. The highest BCUT2D eigenvalue weighted by atomic mass is 19.2. The van der Waals surface area contributed by atoms with E-state index in [1.807, 2.05) is 12.1 Å². The summed E-state index contributed by atoms with van der Waals surface area (Å²) in [6.07, 6.45) is 2.48. The van der Waals surface area contributed by atoms with E-state index in [1.165, 1.54) is 12.1 Å². The number of nitrogens with zero attached hydrogens (tertiary/aromatic N) is 2. The lowest BCUT2D eigenvalue weighted by molar-refractivity contribution is 0.172. The lowest BCUT2D eigenvalue weighted by Gasteiger charge is -2.08. The van der Waals surface area contributed by atoms with Crippen LogP contribution in [0, 0.1) is 11.6 Å². The first-order chi connectivity index (χ1) is 9.65. The SMILES string of the molecule is OC(Cc1cccc(F)c1F)c1cn2ccccc2n1. The standard InChI is InChI=1S/C15H12F2N2O/c16-11-5-3-4-10(15(11)17)8-13(20)12-9-19-7-2-1-6-14(19)18-12/h1-7,9,13,20H,8H2. The molecule has 0 radical (unpaired) electrons. The quantitative estimate of drug-likeness (QED) is 0.797. The van der Waals surface area contributed by atoms with Crippen molar-refractivity contribution in [1.82, 2.24) is 9.38 Å². The first-order valence-electron chi connectivity index (χ1n) is 6.20. The molecule has 1 aromatic carbocycles. The maximum atomic E-state index is 13.6. The number of aromatic nitrogens is 2. The second-order valence-electron chi connectivity index (χ2n) is 4.56. The first kappa shape index (κ1) is 12.7. The van der Waals surface area contributed by atoms with E-state index in [2.05, 4.69) is 4.98 Å². The fourth-order valence-electron chi connectivity index (χ4n) is 2.13. The van der Waals surface area contributed by atoms with Crippen molar-refractivity contribution in [3.63, 3.8) is 0 Å². The van der Waals surface area contributed by atoms with Crippen LogP contribution in [0.25, 0.3) is 5.65 Å². The Morgan fingerprint density at radius 3 is 2.80 bits per heavy atom. The van der Waals surface area contributed by atoms with Gasteiger partial charge < -0.3 is 9.51 Å². The zero-order chi connectivity index (χ0) is 14.1. The normalized spacial score (nSPS) is 12.8. The summed E-state index contributed by atoms with van der Waals surface area (Å²) in [5.74, 6) is -1.83. The fourth-order valence-corrected chi connectivity index (χ4v) is 2.13.